The van der Waals surface area contributed by atoms with Gasteiger partial charge in [0.05, 0.1) is 17.4 Å². The molecule has 3 N–H and O–H groups in total. The van der Waals surface area contributed by atoms with Crippen molar-refractivity contribution in [2.45, 2.75) is 0 Å². The van der Waals surface area contributed by atoms with Crippen molar-refractivity contribution in [3.63, 3.8) is 0 Å². The van der Waals surface area contributed by atoms with E-state index in [-0.39, 0.29) is 5.75 Å². The van der Waals surface area contributed by atoms with Crippen LogP contribution in [0.3, 0.4) is 0 Å². The van der Waals surface area contributed by atoms with Gasteiger partial charge >= 0.3 is 0 Å². The van der Waals surface area contributed by atoms with Gasteiger partial charge in [-0.15, -0.1) is 0 Å². The van der Waals surface area contributed by atoms with Crippen LogP contribution in [0.2, 0.25) is 0 Å². The molecule has 0 atom stereocenters. The first kappa shape index (κ1) is 18.2. The summed E-state index contributed by atoms with van der Waals surface area (Å²) in [5, 5.41) is 19.0. The zero-order valence-corrected chi connectivity index (χ0v) is 16.5. The summed E-state index contributed by atoms with van der Waals surface area (Å²) in [4.78, 5) is 16.3. The number of aromatic amines is 2. The number of halogens is 1. The molecule has 0 saturated heterocycles. The average Bonchev–Trinajstić information content (AvgIpc) is 3.42. The van der Waals surface area contributed by atoms with E-state index >= 15 is 0 Å². The molecule has 0 amide bonds. The maximum Gasteiger partial charge on any atom is 0.155 e. The summed E-state index contributed by atoms with van der Waals surface area (Å²) in [6.45, 7) is 0. The molecule has 0 saturated carbocycles. The van der Waals surface area contributed by atoms with Crippen molar-refractivity contribution < 1.29 is 9.50 Å². The highest BCUT2D eigenvalue weighted by Crippen LogP contribution is 2.35. The number of benzene rings is 1. The maximum atomic E-state index is 13.9. The molecule has 5 aromatic heterocycles. The number of phenolic OH excluding ortho intramolecular Hbond substituents is 1. The summed E-state index contributed by atoms with van der Waals surface area (Å²) in [6, 6.07) is 11.8. The number of rotatable bonds is 3. The first-order chi connectivity index (χ1) is 15.7. The minimum Gasteiger partial charge on any atom is -0.508 e. The van der Waals surface area contributed by atoms with Crippen molar-refractivity contribution >= 4 is 21.9 Å². The lowest BCUT2D eigenvalue weighted by molar-refractivity contribution is 0.469. The van der Waals surface area contributed by atoms with Gasteiger partial charge in [0.15, 0.2) is 5.65 Å². The molecule has 6 rings (SSSR count). The van der Waals surface area contributed by atoms with Gasteiger partial charge in [-0.25, -0.2) is 9.37 Å². The lowest BCUT2D eigenvalue weighted by Crippen LogP contribution is -1.84. The number of fused-ring (bicyclic) bond motifs is 2. The molecule has 0 radical (unpaired) electrons. The Bertz CT molecular complexity index is 1590. The van der Waals surface area contributed by atoms with Gasteiger partial charge in [-0.1, -0.05) is 6.07 Å². The first-order valence-electron chi connectivity index (χ1n) is 9.87. The fourth-order valence-corrected chi connectivity index (χ4v) is 3.94. The predicted octanol–water partition coefficient (Wildman–Crippen LogP) is 5.07. The third kappa shape index (κ3) is 2.97. The smallest absolute Gasteiger partial charge is 0.155 e. The molecule has 1 aromatic carbocycles. The molecule has 32 heavy (non-hydrogen) atoms. The highest BCUT2D eigenvalue weighted by molar-refractivity contribution is 6.00. The zero-order valence-electron chi connectivity index (χ0n) is 16.5. The fourth-order valence-electron chi connectivity index (χ4n) is 3.94. The molecule has 0 aliphatic rings. The summed E-state index contributed by atoms with van der Waals surface area (Å²) >= 11 is 0. The normalized spacial score (nSPS) is 11.4. The van der Waals surface area contributed by atoms with Crippen molar-refractivity contribution in [3.05, 3.63) is 79.3 Å². The zero-order chi connectivity index (χ0) is 21.7. The lowest BCUT2D eigenvalue weighted by atomic mass is 10.0. The van der Waals surface area contributed by atoms with E-state index in [1.165, 1.54) is 12.1 Å². The van der Waals surface area contributed by atoms with Gasteiger partial charge in [-0.3, -0.25) is 15.1 Å². The Hall–Kier alpha value is -4.59. The average molecular weight is 422 g/mol. The second kappa shape index (κ2) is 6.98. The van der Waals surface area contributed by atoms with Crippen LogP contribution in [0.1, 0.15) is 0 Å². The van der Waals surface area contributed by atoms with Gasteiger partial charge in [-0.2, -0.15) is 5.10 Å². The highest BCUT2D eigenvalue weighted by Gasteiger charge is 2.16. The van der Waals surface area contributed by atoms with E-state index in [2.05, 4.69) is 30.1 Å². The summed E-state index contributed by atoms with van der Waals surface area (Å²) in [5.74, 6) is -0.653. The van der Waals surface area contributed by atoms with Crippen LogP contribution in [0.25, 0.3) is 55.6 Å². The van der Waals surface area contributed by atoms with Crippen LogP contribution in [0.5, 0.6) is 5.75 Å². The Morgan fingerprint density at radius 2 is 1.78 bits per heavy atom. The standard InChI is InChI=1S/C24H15FN6O/c25-16-4-14(5-17(32)7-16)20-11-27-12-22-18(20)8-21(29-22)23-19-6-15(10-28-24(19)31-30-23)13-2-1-3-26-9-13/h1-12,29,32H,(H,28,30,31). The van der Waals surface area contributed by atoms with E-state index in [1.807, 2.05) is 24.3 Å². The van der Waals surface area contributed by atoms with Crippen molar-refractivity contribution in [2.24, 2.45) is 0 Å². The second-order valence-corrected chi connectivity index (χ2v) is 7.46. The molecular weight excluding hydrogens is 407 g/mol. The Balaban J connectivity index is 1.52. The Labute approximate surface area is 180 Å². The summed E-state index contributed by atoms with van der Waals surface area (Å²) in [5.41, 5.74) is 6.06. The number of phenols is 1. The van der Waals surface area contributed by atoms with Gasteiger partial charge < -0.3 is 10.1 Å². The minimum atomic E-state index is -0.514. The van der Waals surface area contributed by atoms with Crippen molar-refractivity contribution in [1.82, 2.24) is 30.1 Å². The molecule has 0 spiro atoms. The predicted molar refractivity (Wildman–Crippen MR) is 119 cm³/mol. The van der Waals surface area contributed by atoms with Crippen molar-refractivity contribution in [2.75, 3.05) is 0 Å². The number of aromatic nitrogens is 6. The molecule has 5 heterocycles. The van der Waals surface area contributed by atoms with Crippen LogP contribution in [-0.4, -0.2) is 35.2 Å². The van der Waals surface area contributed by atoms with Crippen LogP contribution in [0, 0.1) is 5.82 Å². The lowest BCUT2D eigenvalue weighted by Gasteiger charge is -2.04. The van der Waals surface area contributed by atoms with Gasteiger partial charge in [0, 0.05) is 58.3 Å². The molecule has 0 aliphatic heterocycles. The van der Waals surface area contributed by atoms with Crippen molar-refractivity contribution in [3.8, 4) is 39.4 Å². The van der Waals surface area contributed by atoms with Crippen molar-refractivity contribution in [1.29, 1.82) is 0 Å². The molecule has 0 fully saturated rings. The SMILES string of the molecule is Oc1cc(F)cc(-c2cncc3[nH]c(-c4n[nH]c5ncc(-c6cccnc6)cc45)cc23)c1. The molecule has 8 heteroatoms. The van der Waals surface area contributed by atoms with Gasteiger partial charge in [0.25, 0.3) is 0 Å². The number of hydrogen-bond donors (Lipinski definition) is 3. The molecule has 0 unspecified atom stereocenters. The summed E-state index contributed by atoms with van der Waals surface area (Å²) < 4.78 is 13.9. The van der Waals surface area contributed by atoms with Crippen LogP contribution >= 0.6 is 0 Å². The minimum absolute atomic E-state index is 0.139. The fraction of sp³-hybridized carbons (Fsp3) is 0. The van der Waals surface area contributed by atoms with E-state index in [0.717, 1.165) is 39.2 Å². The number of aromatic hydroxyl groups is 1. The molecular formula is C24H15FN6O. The van der Waals surface area contributed by atoms with E-state index < -0.39 is 5.82 Å². The summed E-state index contributed by atoms with van der Waals surface area (Å²) in [6.07, 6.45) is 8.66. The largest absolute Gasteiger partial charge is 0.508 e. The third-order valence-corrected chi connectivity index (χ3v) is 5.41. The molecule has 0 bridgehead atoms. The number of pyridine rings is 3. The van der Waals surface area contributed by atoms with Crippen LogP contribution < -0.4 is 0 Å². The molecule has 7 nitrogen and oxygen atoms in total. The quantitative estimate of drug-likeness (QED) is 0.369. The van der Waals surface area contributed by atoms with E-state index in [4.69, 9.17) is 0 Å². The van der Waals surface area contributed by atoms with Gasteiger partial charge in [0.1, 0.15) is 17.3 Å². The molecule has 6 aromatic rings. The Morgan fingerprint density at radius 1 is 0.844 bits per heavy atom. The number of nitrogens with one attached hydrogen (secondary N) is 2. The van der Waals surface area contributed by atoms with E-state index in [0.29, 0.717) is 22.5 Å². The van der Waals surface area contributed by atoms with E-state index in [9.17, 15) is 9.50 Å². The summed E-state index contributed by atoms with van der Waals surface area (Å²) in [7, 11) is 0. The maximum absolute atomic E-state index is 13.9. The van der Waals surface area contributed by atoms with Crippen LogP contribution in [0.4, 0.5) is 4.39 Å². The first-order valence-corrected chi connectivity index (χ1v) is 9.87. The molecule has 154 valence electrons. The van der Waals surface area contributed by atoms with Gasteiger partial charge in [0.2, 0.25) is 0 Å². The number of H-pyrrole nitrogens is 2. The molecule has 0 aliphatic carbocycles. The monoisotopic (exact) mass is 422 g/mol. The second-order valence-electron chi connectivity index (χ2n) is 7.46. The Morgan fingerprint density at radius 3 is 2.62 bits per heavy atom. The van der Waals surface area contributed by atoms with Crippen LogP contribution in [0.15, 0.2) is 73.4 Å². The van der Waals surface area contributed by atoms with Gasteiger partial charge in [-0.05, 0) is 35.9 Å². The Kier molecular flexibility index (Phi) is 3.97. The highest BCUT2D eigenvalue weighted by atomic mass is 19.1. The topological polar surface area (TPSA) is 103 Å². The number of nitrogens with zero attached hydrogens (tertiary/aromatic N) is 4. The number of hydrogen-bond acceptors (Lipinski definition) is 5. The van der Waals surface area contributed by atoms with Crippen LogP contribution in [-0.2, 0) is 0 Å². The van der Waals surface area contributed by atoms with E-state index in [1.54, 1.807) is 31.0 Å². The third-order valence-electron chi connectivity index (χ3n) is 5.41.